The summed E-state index contributed by atoms with van der Waals surface area (Å²) in [4.78, 5) is 2.49. The number of rotatable bonds is 3. The van der Waals surface area contributed by atoms with Crippen molar-refractivity contribution in [1.29, 1.82) is 0 Å². The molecule has 2 rings (SSSR count). The van der Waals surface area contributed by atoms with Gasteiger partial charge in [-0.3, -0.25) is 4.90 Å². The molecular formula is C12H22N2. The zero-order valence-corrected chi connectivity index (χ0v) is 9.37. The Balaban J connectivity index is 1.95. The van der Waals surface area contributed by atoms with Crippen molar-refractivity contribution in [1.82, 2.24) is 10.2 Å². The van der Waals surface area contributed by atoms with E-state index in [-0.39, 0.29) is 0 Å². The molecule has 14 heavy (non-hydrogen) atoms. The van der Waals surface area contributed by atoms with Gasteiger partial charge < -0.3 is 5.32 Å². The largest absolute Gasteiger partial charge is 0.311 e. The SMILES string of the molecule is C=CC(C)N(C)C1CC2CCC(C1)N2. The highest BCUT2D eigenvalue weighted by molar-refractivity contribution is 4.97. The van der Waals surface area contributed by atoms with E-state index in [4.69, 9.17) is 0 Å². The van der Waals surface area contributed by atoms with Crippen molar-refractivity contribution in [2.75, 3.05) is 7.05 Å². The predicted octanol–water partition coefficient (Wildman–Crippen LogP) is 1.78. The van der Waals surface area contributed by atoms with Crippen LogP contribution in [0.4, 0.5) is 0 Å². The first kappa shape index (κ1) is 10.2. The molecule has 2 heteroatoms. The van der Waals surface area contributed by atoms with Crippen LogP contribution >= 0.6 is 0 Å². The second-order valence-electron chi connectivity index (χ2n) is 4.90. The van der Waals surface area contributed by atoms with Gasteiger partial charge in [-0.1, -0.05) is 6.08 Å². The molecule has 0 amide bonds. The van der Waals surface area contributed by atoms with Crippen LogP contribution in [0, 0.1) is 0 Å². The van der Waals surface area contributed by atoms with Crippen LogP contribution in [0.5, 0.6) is 0 Å². The van der Waals surface area contributed by atoms with Gasteiger partial charge in [-0.15, -0.1) is 6.58 Å². The van der Waals surface area contributed by atoms with E-state index in [1.165, 1.54) is 25.7 Å². The molecule has 0 aliphatic carbocycles. The van der Waals surface area contributed by atoms with Crippen LogP contribution in [0.15, 0.2) is 12.7 Å². The van der Waals surface area contributed by atoms with Gasteiger partial charge in [0.05, 0.1) is 0 Å². The third kappa shape index (κ3) is 1.86. The van der Waals surface area contributed by atoms with Crippen LogP contribution in [-0.4, -0.2) is 36.1 Å². The van der Waals surface area contributed by atoms with Crippen molar-refractivity contribution >= 4 is 0 Å². The molecule has 0 aromatic heterocycles. The van der Waals surface area contributed by atoms with Crippen LogP contribution in [0.25, 0.3) is 0 Å². The molecule has 2 bridgehead atoms. The first-order chi connectivity index (χ1) is 6.70. The first-order valence-corrected chi connectivity index (χ1v) is 5.81. The summed E-state index contributed by atoms with van der Waals surface area (Å²) in [5.74, 6) is 0. The van der Waals surface area contributed by atoms with Crippen molar-refractivity contribution in [3.05, 3.63) is 12.7 Å². The predicted molar refractivity (Wildman–Crippen MR) is 60.4 cm³/mol. The van der Waals surface area contributed by atoms with Crippen LogP contribution in [0.2, 0.25) is 0 Å². The summed E-state index contributed by atoms with van der Waals surface area (Å²) in [6, 6.07) is 2.86. The van der Waals surface area contributed by atoms with Crippen LogP contribution in [0.1, 0.15) is 32.6 Å². The Morgan fingerprint density at radius 3 is 2.43 bits per heavy atom. The van der Waals surface area contributed by atoms with E-state index in [0.29, 0.717) is 6.04 Å². The molecule has 3 atom stereocenters. The minimum Gasteiger partial charge on any atom is -0.311 e. The molecule has 0 aromatic carbocycles. The topological polar surface area (TPSA) is 15.3 Å². The average Bonchev–Trinajstić information content (AvgIpc) is 2.55. The molecule has 2 heterocycles. The number of fused-ring (bicyclic) bond motifs is 2. The van der Waals surface area contributed by atoms with Gasteiger partial charge in [0, 0.05) is 24.2 Å². The Bertz CT molecular complexity index is 202. The monoisotopic (exact) mass is 194 g/mol. The third-order valence-corrected chi connectivity index (χ3v) is 4.01. The van der Waals surface area contributed by atoms with Gasteiger partial charge in [-0.05, 0) is 39.7 Å². The molecule has 0 saturated carbocycles. The Morgan fingerprint density at radius 2 is 1.93 bits per heavy atom. The fraction of sp³-hybridized carbons (Fsp3) is 0.833. The highest BCUT2D eigenvalue weighted by Crippen LogP contribution is 2.29. The van der Waals surface area contributed by atoms with E-state index >= 15 is 0 Å². The van der Waals surface area contributed by atoms with Gasteiger partial charge >= 0.3 is 0 Å². The third-order valence-electron chi connectivity index (χ3n) is 4.01. The molecule has 2 saturated heterocycles. The van der Waals surface area contributed by atoms with E-state index in [9.17, 15) is 0 Å². The summed E-state index contributed by atoms with van der Waals surface area (Å²) in [6.45, 7) is 6.11. The van der Waals surface area contributed by atoms with Gasteiger partial charge in [0.25, 0.3) is 0 Å². The molecule has 2 nitrogen and oxygen atoms in total. The lowest BCUT2D eigenvalue weighted by atomic mass is 9.97. The van der Waals surface area contributed by atoms with E-state index in [1.54, 1.807) is 0 Å². The molecule has 0 radical (unpaired) electrons. The maximum atomic E-state index is 3.87. The molecule has 80 valence electrons. The molecule has 2 fully saturated rings. The minimum atomic E-state index is 0.512. The standard InChI is InChI=1S/C12H22N2/c1-4-9(2)14(3)12-7-10-5-6-11(8-12)13-10/h4,9-13H,1,5-8H2,2-3H3. The van der Waals surface area contributed by atoms with Crippen LogP contribution in [0.3, 0.4) is 0 Å². The Labute approximate surface area is 87.4 Å². The van der Waals surface area contributed by atoms with E-state index in [2.05, 4.69) is 30.8 Å². The second kappa shape index (κ2) is 4.03. The maximum absolute atomic E-state index is 3.87. The average molecular weight is 194 g/mol. The van der Waals surface area contributed by atoms with Crippen molar-refractivity contribution in [3.63, 3.8) is 0 Å². The Morgan fingerprint density at radius 1 is 1.36 bits per heavy atom. The summed E-state index contributed by atoms with van der Waals surface area (Å²) in [5.41, 5.74) is 0. The number of nitrogens with zero attached hydrogens (tertiary/aromatic N) is 1. The number of hydrogen-bond donors (Lipinski definition) is 1. The summed E-state index contributed by atoms with van der Waals surface area (Å²) >= 11 is 0. The highest BCUT2D eigenvalue weighted by Gasteiger charge is 2.35. The van der Waals surface area contributed by atoms with E-state index in [1.807, 2.05) is 6.08 Å². The van der Waals surface area contributed by atoms with Gasteiger partial charge in [0.15, 0.2) is 0 Å². The smallest absolute Gasteiger partial charge is 0.0247 e. The lowest BCUT2D eigenvalue weighted by Crippen LogP contribution is -2.49. The summed E-state index contributed by atoms with van der Waals surface area (Å²) in [6.07, 6.45) is 7.47. The van der Waals surface area contributed by atoms with Crippen molar-refractivity contribution in [2.24, 2.45) is 0 Å². The summed E-state index contributed by atoms with van der Waals surface area (Å²) in [5, 5.41) is 3.68. The lowest BCUT2D eigenvalue weighted by molar-refractivity contribution is 0.152. The van der Waals surface area contributed by atoms with E-state index in [0.717, 1.165) is 18.1 Å². The number of piperidine rings is 1. The minimum absolute atomic E-state index is 0.512. The van der Waals surface area contributed by atoms with Gasteiger partial charge in [-0.25, -0.2) is 0 Å². The molecule has 3 unspecified atom stereocenters. The summed E-state index contributed by atoms with van der Waals surface area (Å²) < 4.78 is 0. The zero-order valence-electron chi connectivity index (χ0n) is 9.37. The Kier molecular flexibility index (Phi) is 2.93. The van der Waals surface area contributed by atoms with Gasteiger partial charge in [0.1, 0.15) is 0 Å². The molecule has 0 aromatic rings. The maximum Gasteiger partial charge on any atom is 0.0247 e. The van der Waals surface area contributed by atoms with Crippen molar-refractivity contribution in [3.8, 4) is 0 Å². The number of hydrogen-bond acceptors (Lipinski definition) is 2. The summed E-state index contributed by atoms with van der Waals surface area (Å²) in [7, 11) is 2.24. The van der Waals surface area contributed by atoms with Crippen LogP contribution < -0.4 is 5.32 Å². The lowest BCUT2D eigenvalue weighted by Gasteiger charge is -2.37. The molecular weight excluding hydrogens is 172 g/mol. The zero-order chi connectivity index (χ0) is 10.1. The molecule has 2 aliphatic rings. The van der Waals surface area contributed by atoms with E-state index < -0.39 is 0 Å². The Hall–Kier alpha value is -0.340. The van der Waals surface area contributed by atoms with Crippen LogP contribution in [-0.2, 0) is 0 Å². The highest BCUT2D eigenvalue weighted by atomic mass is 15.2. The fourth-order valence-corrected chi connectivity index (χ4v) is 2.86. The molecule has 0 spiro atoms. The molecule has 2 aliphatic heterocycles. The van der Waals surface area contributed by atoms with Gasteiger partial charge in [0.2, 0.25) is 0 Å². The van der Waals surface area contributed by atoms with Crippen molar-refractivity contribution < 1.29 is 0 Å². The number of likely N-dealkylation sites (N-methyl/N-ethyl adjacent to an activating group) is 1. The fourth-order valence-electron chi connectivity index (χ4n) is 2.86. The second-order valence-corrected chi connectivity index (χ2v) is 4.90. The normalized spacial score (nSPS) is 38.6. The van der Waals surface area contributed by atoms with Gasteiger partial charge in [-0.2, -0.15) is 0 Å². The number of nitrogens with one attached hydrogen (secondary N) is 1. The quantitative estimate of drug-likeness (QED) is 0.689. The van der Waals surface area contributed by atoms with Crippen molar-refractivity contribution in [2.45, 2.75) is 56.8 Å². The first-order valence-electron chi connectivity index (χ1n) is 5.81. The molecule has 1 N–H and O–H groups in total.